The molecule has 1 rings (SSSR count). The number of hydrogen-bond acceptors (Lipinski definition) is 3. The van der Waals surface area contributed by atoms with E-state index < -0.39 is 5.41 Å². The molecule has 15 heavy (non-hydrogen) atoms. The molecular formula is C10H21ClN2O2. The van der Waals surface area contributed by atoms with Crippen LogP contribution in [0.1, 0.15) is 20.3 Å². The van der Waals surface area contributed by atoms with E-state index in [1.54, 1.807) is 4.90 Å². The van der Waals surface area contributed by atoms with Gasteiger partial charge in [0.2, 0.25) is 5.91 Å². The van der Waals surface area contributed by atoms with Crippen molar-refractivity contribution in [3.8, 4) is 0 Å². The average molecular weight is 237 g/mol. The Labute approximate surface area is 97.5 Å². The van der Waals surface area contributed by atoms with E-state index in [-0.39, 0.29) is 24.4 Å². The van der Waals surface area contributed by atoms with E-state index in [2.05, 4.69) is 0 Å². The van der Waals surface area contributed by atoms with E-state index >= 15 is 0 Å². The minimum absolute atomic E-state index is 0. The molecule has 0 aromatic carbocycles. The summed E-state index contributed by atoms with van der Waals surface area (Å²) in [6, 6.07) is 0.230. The van der Waals surface area contributed by atoms with Crippen LogP contribution in [-0.4, -0.2) is 43.7 Å². The summed E-state index contributed by atoms with van der Waals surface area (Å²) in [5.74, 6) is 0.107. The highest BCUT2D eigenvalue weighted by atomic mass is 35.5. The summed E-state index contributed by atoms with van der Waals surface area (Å²) in [7, 11) is 1.83. The van der Waals surface area contributed by atoms with Crippen LogP contribution in [0.4, 0.5) is 0 Å². The Morgan fingerprint density at radius 3 is 2.60 bits per heavy atom. The van der Waals surface area contributed by atoms with Gasteiger partial charge in [0.25, 0.3) is 0 Å². The molecule has 1 heterocycles. The van der Waals surface area contributed by atoms with Gasteiger partial charge >= 0.3 is 0 Å². The van der Waals surface area contributed by atoms with Crippen molar-refractivity contribution < 1.29 is 9.53 Å². The highest BCUT2D eigenvalue weighted by molar-refractivity contribution is 5.85. The smallest absolute Gasteiger partial charge is 0.229 e. The van der Waals surface area contributed by atoms with Crippen molar-refractivity contribution in [2.75, 3.05) is 26.8 Å². The zero-order valence-electron chi connectivity index (χ0n) is 9.66. The first-order valence-electron chi connectivity index (χ1n) is 5.04. The maximum Gasteiger partial charge on any atom is 0.229 e. The summed E-state index contributed by atoms with van der Waals surface area (Å²) in [6.07, 6.45) is 0.933. The topological polar surface area (TPSA) is 55.6 Å². The van der Waals surface area contributed by atoms with E-state index in [0.717, 1.165) is 13.0 Å². The van der Waals surface area contributed by atoms with Crippen molar-refractivity contribution in [1.29, 1.82) is 0 Å². The van der Waals surface area contributed by atoms with Gasteiger partial charge in [-0.05, 0) is 20.3 Å². The van der Waals surface area contributed by atoms with Crippen LogP contribution in [0.5, 0.6) is 0 Å². The van der Waals surface area contributed by atoms with Crippen LogP contribution in [0, 0.1) is 5.41 Å². The quantitative estimate of drug-likeness (QED) is 0.783. The molecule has 0 aromatic heterocycles. The lowest BCUT2D eigenvalue weighted by Crippen LogP contribution is -2.47. The molecule has 0 spiro atoms. The van der Waals surface area contributed by atoms with Gasteiger partial charge in [-0.2, -0.15) is 0 Å². The van der Waals surface area contributed by atoms with Gasteiger partial charge in [-0.1, -0.05) is 0 Å². The van der Waals surface area contributed by atoms with Crippen molar-refractivity contribution in [3.05, 3.63) is 0 Å². The van der Waals surface area contributed by atoms with E-state index in [1.807, 2.05) is 20.9 Å². The SMILES string of the molecule is CN(C(=O)C(C)(C)CN)C1CCOC1.Cl. The highest BCUT2D eigenvalue weighted by Crippen LogP contribution is 2.20. The second-order valence-corrected chi connectivity index (χ2v) is 4.52. The molecule has 0 aromatic rings. The lowest BCUT2D eigenvalue weighted by molar-refractivity contribution is -0.140. The summed E-state index contributed by atoms with van der Waals surface area (Å²) < 4.78 is 5.25. The summed E-state index contributed by atoms with van der Waals surface area (Å²) in [6.45, 7) is 5.54. The number of likely N-dealkylation sites (N-methyl/N-ethyl adjacent to an activating group) is 1. The molecule has 2 N–H and O–H groups in total. The molecule has 0 aliphatic carbocycles. The molecule has 1 atom stereocenters. The molecule has 1 saturated heterocycles. The predicted octanol–water partition coefficient (Wildman–Crippen LogP) is 0.640. The largest absolute Gasteiger partial charge is 0.379 e. The Morgan fingerprint density at radius 2 is 2.20 bits per heavy atom. The molecule has 5 heteroatoms. The van der Waals surface area contributed by atoms with E-state index in [1.165, 1.54) is 0 Å². The minimum atomic E-state index is -0.461. The fourth-order valence-electron chi connectivity index (χ4n) is 1.56. The van der Waals surface area contributed by atoms with Gasteiger partial charge in [0.1, 0.15) is 0 Å². The molecule has 1 amide bonds. The van der Waals surface area contributed by atoms with Crippen LogP contribution in [0.25, 0.3) is 0 Å². The molecule has 1 aliphatic heterocycles. The number of amides is 1. The number of nitrogens with zero attached hydrogens (tertiary/aromatic N) is 1. The first kappa shape index (κ1) is 14.7. The molecule has 90 valence electrons. The number of ether oxygens (including phenoxy) is 1. The van der Waals surface area contributed by atoms with E-state index in [0.29, 0.717) is 13.2 Å². The fourth-order valence-corrected chi connectivity index (χ4v) is 1.56. The zero-order valence-corrected chi connectivity index (χ0v) is 10.5. The van der Waals surface area contributed by atoms with Gasteiger partial charge in [0.15, 0.2) is 0 Å². The highest BCUT2D eigenvalue weighted by Gasteiger charge is 2.33. The van der Waals surface area contributed by atoms with Crippen molar-refractivity contribution in [3.63, 3.8) is 0 Å². The van der Waals surface area contributed by atoms with Crippen LogP contribution >= 0.6 is 12.4 Å². The Bertz CT molecular complexity index is 215. The molecule has 1 unspecified atom stereocenters. The minimum Gasteiger partial charge on any atom is -0.379 e. The maximum absolute atomic E-state index is 12.0. The van der Waals surface area contributed by atoms with Gasteiger partial charge in [-0.25, -0.2) is 0 Å². The molecule has 4 nitrogen and oxygen atoms in total. The van der Waals surface area contributed by atoms with Crippen molar-refractivity contribution in [2.24, 2.45) is 11.1 Å². The summed E-state index contributed by atoms with van der Waals surface area (Å²) in [4.78, 5) is 13.8. The molecule has 0 saturated carbocycles. The third-order valence-corrected chi connectivity index (χ3v) is 2.86. The van der Waals surface area contributed by atoms with E-state index in [9.17, 15) is 4.79 Å². The number of nitrogens with two attached hydrogens (primary N) is 1. The van der Waals surface area contributed by atoms with Crippen LogP contribution < -0.4 is 5.73 Å². The fraction of sp³-hybridized carbons (Fsp3) is 0.900. The normalized spacial score (nSPS) is 20.9. The van der Waals surface area contributed by atoms with Gasteiger partial charge < -0.3 is 15.4 Å². The van der Waals surface area contributed by atoms with Crippen LogP contribution in [0.15, 0.2) is 0 Å². The summed E-state index contributed by atoms with van der Waals surface area (Å²) in [5, 5.41) is 0. The molecule has 1 aliphatic rings. The maximum atomic E-state index is 12.0. The second kappa shape index (κ2) is 5.68. The van der Waals surface area contributed by atoms with Crippen LogP contribution in [-0.2, 0) is 9.53 Å². The lowest BCUT2D eigenvalue weighted by Gasteiger charge is -2.31. The number of halogens is 1. The van der Waals surface area contributed by atoms with Gasteiger partial charge in [0.05, 0.1) is 18.1 Å². The number of rotatable bonds is 3. The Balaban J connectivity index is 0.00000196. The van der Waals surface area contributed by atoms with Crippen LogP contribution in [0.3, 0.4) is 0 Å². The third-order valence-electron chi connectivity index (χ3n) is 2.86. The standard InChI is InChI=1S/C10H20N2O2.ClH/c1-10(2,7-11)9(13)12(3)8-4-5-14-6-8;/h8H,4-7,11H2,1-3H3;1H. The lowest BCUT2D eigenvalue weighted by atomic mass is 9.91. The average Bonchev–Trinajstić information content (AvgIpc) is 2.68. The Morgan fingerprint density at radius 1 is 1.60 bits per heavy atom. The van der Waals surface area contributed by atoms with E-state index in [4.69, 9.17) is 10.5 Å². The molecular weight excluding hydrogens is 216 g/mol. The molecule has 0 bridgehead atoms. The molecule has 0 radical (unpaired) electrons. The van der Waals surface area contributed by atoms with Gasteiger partial charge in [-0.3, -0.25) is 4.79 Å². The Kier molecular flexibility index (Phi) is 5.56. The number of carbonyl (C=O) groups is 1. The predicted molar refractivity (Wildman–Crippen MR) is 62.1 cm³/mol. The number of hydrogen-bond donors (Lipinski definition) is 1. The van der Waals surface area contributed by atoms with Crippen molar-refractivity contribution in [2.45, 2.75) is 26.3 Å². The van der Waals surface area contributed by atoms with Crippen LogP contribution in [0.2, 0.25) is 0 Å². The zero-order chi connectivity index (χ0) is 10.8. The second-order valence-electron chi connectivity index (χ2n) is 4.52. The van der Waals surface area contributed by atoms with Gasteiger partial charge in [0, 0.05) is 20.2 Å². The number of carbonyl (C=O) groups excluding carboxylic acids is 1. The summed E-state index contributed by atoms with van der Waals surface area (Å²) >= 11 is 0. The molecule has 1 fully saturated rings. The summed E-state index contributed by atoms with van der Waals surface area (Å²) in [5.41, 5.74) is 5.10. The van der Waals surface area contributed by atoms with Gasteiger partial charge in [-0.15, -0.1) is 12.4 Å². The Hall–Kier alpha value is -0.320. The first-order chi connectivity index (χ1) is 6.49. The monoisotopic (exact) mass is 236 g/mol. The van der Waals surface area contributed by atoms with Crippen molar-refractivity contribution in [1.82, 2.24) is 4.90 Å². The first-order valence-corrected chi connectivity index (χ1v) is 5.04. The third kappa shape index (κ3) is 3.33. The van der Waals surface area contributed by atoms with Crippen molar-refractivity contribution >= 4 is 18.3 Å².